The number of carboxylic acids is 1. The molecule has 0 heterocycles. The molecule has 0 atom stereocenters. The Morgan fingerprint density at radius 1 is 1.04 bits per heavy atom. The average molecular weight is 409 g/mol. The summed E-state index contributed by atoms with van der Waals surface area (Å²) in [7, 11) is -0.444. The molecule has 1 amide bonds. The third kappa shape index (κ3) is 6.30. The van der Waals surface area contributed by atoms with Crippen LogP contribution in [-0.4, -0.2) is 43.7 Å². The standard InChI is InChI=1S/C18H20N2O5S2/c1-20(2)18(23)26-15-8-6-14(7-9-15)19-27(24,25)16-10-3-13(4-11-16)5-12-17(21)22/h3-4,6-11,19H,5,12H2,1-2H3,(H,21,22). The van der Waals surface area contributed by atoms with E-state index in [2.05, 4.69) is 4.72 Å². The maximum absolute atomic E-state index is 12.5. The van der Waals surface area contributed by atoms with E-state index in [9.17, 15) is 18.0 Å². The quantitative estimate of drug-likeness (QED) is 0.682. The van der Waals surface area contributed by atoms with Crippen LogP contribution in [0.3, 0.4) is 0 Å². The maximum atomic E-state index is 12.5. The monoisotopic (exact) mass is 408 g/mol. The molecule has 7 nitrogen and oxygen atoms in total. The number of rotatable bonds is 7. The van der Waals surface area contributed by atoms with Crippen molar-refractivity contribution in [3.8, 4) is 0 Å². The molecular weight excluding hydrogens is 388 g/mol. The van der Waals surface area contributed by atoms with E-state index in [1.54, 1.807) is 50.5 Å². The van der Waals surface area contributed by atoms with Crippen LogP contribution in [0.4, 0.5) is 10.5 Å². The van der Waals surface area contributed by atoms with Gasteiger partial charge in [0.05, 0.1) is 4.90 Å². The predicted molar refractivity (Wildman–Crippen MR) is 105 cm³/mol. The molecule has 27 heavy (non-hydrogen) atoms. The summed E-state index contributed by atoms with van der Waals surface area (Å²) >= 11 is 1.05. The van der Waals surface area contributed by atoms with E-state index in [1.165, 1.54) is 17.0 Å². The van der Waals surface area contributed by atoms with Gasteiger partial charge >= 0.3 is 5.97 Å². The van der Waals surface area contributed by atoms with E-state index in [1.807, 2.05) is 0 Å². The first-order valence-electron chi connectivity index (χ1n) is 8.00. The Labute approximate surface area is 162 Å². The lowest BCUT2D eigenvalue weighted by Crippen LogP contribution is -2.16. The Morgan fingerprint density at radius 3 is 2.15 bits per heavy atom. The van der Waals surface area contributed by atoms with E-state index < -0.39 is 16.0 Å². The molecule has 0 bridgehead atoms. The van der Waals surface area contributed by atoms with Crippen LogP contribution >= 0.6 is 11.8 Å². The minimum Gasteiger partial charge on any atom is -0.481 e. The lowest BCUT2D eigenvalue weighted by atomic mass is 10.1. The van der Waals surface area contributed by atoms with Gasteiger partial charge in [0, 0.05) is 31.1 Å². The van der Waals surface area contributed by atoms with Crippen LogP contribution in [0.1, 0.15) is 12.0 Å². The molecule has 0 aliphatic carbocycles. The van der Waals surface area contributed by atoms with E-state index in [0.717, 1.165) is 17.3 Å². The highest BCUT2D eigenvalue weighted by Gasteiger charge is 2.14. The van der Waals surface area contributed by atoms with Gasteiger partial charge in [-0.1, -0.05) is 12.1 Å². The van der Waals surface area contributed by atoms with E-state index in [0.29, 0.717) is 17.0 Å². The molecule has 0 aliphatic heterocycles. The first-order valence-corrected chi connectivity index (χ1v) is 10.3. The zero-order chi connectivity index (χ0) is 20.0. The van der Waals surface area contributed by atoms with Crippen molar-refractivity contribution in [1.29, 1.82) is 0 Å². The summed E-state index contributed by atoms with van der Waals surface area (Å²) in [4.78, 5) is 24.5. The Morgan fingerprint density at radius 2 is 1.63 bits per heavy atom. The second-order valence-corrected chi connectivity index (χ2v) is 8.64. The summed E-state index contributed by atoms with van der Waals surface area (Å²) in [6, 6.07) is 12.6. The van der Waals surface area contributed by atoms with Crippen molar-refractivity contribution in [3.63, 3.8) is 0 Å². The predicted octanol–water partition coefficient (Wildman–Crippen LogP) is 3.28. The Bertz CT molecular complexity index is 908. The Balaban J connectivity index is 2.05. The smallest absolute Gasteiger partial charge is 0.303 e. The minimum absolute atomic E-state index is 0.00890. The van der Waals surface area contributed by atoms with Gasteiger partial charge < -0.3 is 10.0 Å². The van der Waals surface area contributed by atoms with Crippen LogP contribution in [0.5, 0.6) is 0 Å². The van der Waals surface area contributed by atoms with Gasteiger partial charge in [0.2, 0.25) is 0 Å². The number of nitrogens with one attached hydrogen (secondary N) is 1. The fourth-order valence-corrected chi connectivity index (χ4v) is 3.80. The van der Waals surface area contributed by atoms with E-state index in [-0.39, 0.29) is 16.6 Å². The number of nitrogens with zero attached hydrogens (tertiary/aromatic N) is 1. The zero-order valence-electron chi connectivity index (χ0n) is 14.9. The van der Waals surface area contributed by atoms with Crippen LogP contribution in [0.25, 0.3) is 0 Å². The van der Waals surface area contributed by atoms with Crippen molar-refractivity contribution in [2.75, 3.05) is 18.8 Å². The molecule has 0 saturated carbocycles. The normalized spacial score (nSPS) is 11.0. The van der Waals surface area contributed by atoms with Crippen LogP contribution in [0.15, 0.2) is 58.3 Å². The number of carbonyl (C=O) groups is 2. The van der Waals surface area contributed by atoms with Gasteiger partial charge in [-0.15, -0.1) is 0 Å². The first-order chi connectivity index (χ1) is 12.7. The lowest BCUT2D eigenvalue weighted by molar-refractivity contribution is -0.136. The van der Waals surface area contributed by atoms with Gasteiger partial charge in [-0.3, -0.25) is 14.3 Å². The van der Waals surface area contributed by atoms with Crippen molar-refractivity contribution in [3.05, 3.63) is 54.1 Å². The van der Waals surface area contributed by atoms with Gasteiger partial charge in [-0.2, -0.15) is 0 Å². The summed E-state index contributed by atoms with van der Waals surface area (Å²) < 4.78 is 27.4. The fourth-order valence-electron chi connectivity index (χ4n) is 2.08. The molecule has 144 valence electrons. The summed E-state index contributed by atoms with van der Waals surface area (Å²) in [6.45, 7) is 0. The molecule has 9 heteroatoms. The van der Waals surface area contributed by atoms with Gasteiger partial charge in [-0.25, -0.2) is 8.42 Å². The third-order valence-corrected chi connectivity index (χ3v) is 5.98. The van der Waals surface area contributed by atoms with Crippen LogP contribution in [-0.2, 0) is 21.2 Å². The molecule has 0 unspecified atom stereocenters. The topological polar surface area (TPSA) is 104 Å². The molecule has 0 aliphatic rings. The Kier molecular flexibility index (Phi) is 6.86. The number of amides is 1. The molecule has 2 rings (SSSR count). The van der Waals surface area contributed by atoms with Crippen molar-refractivity contribution in [2.45, 2.75) is 22.6 Å². The van der Waals surface area contributed by atoms with Crippen molar-refractivity contribution >= 4 is 38.7 Å². The van der Waals surface area contributed by atoms with E-state index in [4.69, 9.17) is 5.11 Å². The second kappa shape index (κ2) is 8.92. The number of benzene rings is 2. The maximum Gasteiger partial charge on any atom is 0.303 e. The van der Waals surface area contributed by atoms with Crippen LogP contribution in [0, 0.1) is 0 Å². The average Bonchev–Trinajstić information content (AvgIpc) is 2.61. The Hall–Kier alpha value is -2.52. The zero-order valence-corrected chi connectivity index (χ0v) is 16.5. The number of carbonyl (C=O) groups excluding carboxylic acids is 1. The number of hydrogen-bond donors (Lipinski definition) is 2. The highest BCUT2D eigenvalue weighted by atomic mass is 32.2. The molecule has 0 spiro atoms. The molecular formula is C18H20N2O5S2. The van der Waals surface area contributed by atoms with Crippen molar-refractivity contribution in [2.24, 2.45) is 0 Å². The SMILES string of the molecule is CN(C)C(=O)Sc1ccc(NS(=O)(=O)c2ccc(CCC(=O)O)cc2)cc1. The fraction of sp³-hybridized carbons (Fsp3) is 0.222. The molecule has 0 fully saturated rings. The highest BCUT2D eigenvalue weighted by Crippen LogP contribution is 2.24. The number of aliphatic carboxylic acids is 1. The van der Waals surface area contributed by atoms with Gasteiger partial charge in [0.15, 0.2) is 0 Å². The molecule has 2 aromatic carbocycles. The lowest BCUT2D eigenvalue weighted by Gasteiger charge is -2.11. The molecule has 0 aromatic heterocycles. The number of carboxylic acid groups (broad SMARTS) is 1. The van der Waals surface area contributed by atoms with Gasteiger partial charge in [0.1, 0.15) is 0 Å². The van der Waals surface area contributed by atoms with Crippen molar-refractivity contribution < 1.29 is 23.1 Å². The number of aryl methyl sites for hydroxylation is 1. The number of thioether (sulfide) groups is 1. The summed E-state index contributed by atoms with van der Waals surface area (Å²) in [5.74, 6) is -0.901. The first kappa shape index (κ1) is 20.8. The summed E-state index contributed by atoms with van der Waals surface area (Å²) in [6.07, 6.45) is 0.332. The van der Waals surface area contributed by atoms with Gasteiger partial charge in [0.25, 0.3) is 15.3 Å². The largest absolute Gasteiger partial charge is 0.481 e. The summed E-state index contributed by atoms with van der Waals surface area (Å²) in [5.41, 5.74) is 1.13. The second-order valence-electron chi connectivity index (χ2n) is 5.93. The third-order valence-electron chi connectivity index (χ3n) is 3.54. The number of anilines is 1. The van der Waals surface area contributed by atoms with Crippen molar-refractivity contribution in [1.82, 2.24) is 4.90 Å². The number of hydrogen-bond acceptors (Lipinski definition) is 5. The highest BCUT2D eigenvalue weighted by molar-refractivity contribution is 8.13. The number of sulfonamides is 1. The molecule has 0 saturated heterocycles. The minimum atomic E-state index is -3.76. The van der Waals surface area contributed by atoms with Crippen LogP contribution in [0.2, 0.25) is 0 Å². The van der Waals surface area contributed by atoms with Gasteiger partial charge in [-0.05, 0) is 60.1 Å². The molecule has 2 N–H and O–H groups in total. The summed E-state index contributed by atoms with van der Waals surface area (Å²) in [5, 5.41) is 8.57. The molecule has 0 radical (unpaired) electrons. The van der Waals surface area contributed by atoms with Crippen LogP contribution < -0.4 is 4.72 Å². The molecule has 2 aromatic rings. The van der Waals surface area contributed by atoms with E-state index >= 15 is 0 Å².